The molecular weight excluding hydrogens is 1610 g/mol. The Bertz CT molecular complexity index is 5070. The molecule has 0 N–H and O–H groups in total. The summed E-state index contributed by atoms with van der Waals surface area (Å²) in [4.78, 5) is 39.2. The third kappa shape index (κ3) is 23.0. The Labute approximate surface area is 757 Å². The van der Waals surface area contributed by atoms with Crippen molar-refractivity contribution in [2.75, 3.05) is 18.0 Å². The molecular formula is C110H131NO3S7. The summed E-state index contributed by atoms with van der Waals surface area (Å²) < 4.78 is 6.15. The summed E-state index contributed by atoms with van der Waals surface area (Å²) in [6.45, 7) is 60.3. The number of rotatable bonds is 23. The van der Waals surface area contributed by atoms with E-state index in [1.807, 2.05) is 70.6 Å². The lowest BCUT2D eigenvalue weighted by atomic mass is 9.71. The predicted octanol–water partition coefficient (Wildman–Crippen LogP) is 31.9. The minimum absolute atomic E-state index is 0.0353. The summed E-state index contributed by atoms with van der Waals surface area (Å²) >= 11 is 12.7. The molecule has 636 valence electrons. The monoisotopic (exact) mass is 1740 g/mol. The predicted molar refractivity (Wildman–Crippen MR) is 532 cm³/mol. The summed E-state index contributed by atoms with van der Waals surface area (Å²) in [6.07, 6.45) is 3.96. The highest BCUT2D eigenvalue weighted by atomic mass is 32.2. The molecule has 11 heteroatoms. The molecule has 13 rings (SSSR count). The summed E-state index contributed by atoms with van der Waals surface area (Å²) in [5, 5.41) is 0.516. The van der Waals surface area contributed by atoms with E-state index in [4.69, 9.17) is 4.42 Å². The lowest BCUT2D eigenvalue weighted by Crippen LogP contribution is -2.34. The van der Waals surface area contributed by atoms with E-state index in [0.29, 0.717) is 5.58 Å². The number of hydrogen-bond acceptors (Lipinski definition) is 11. The molecule has 0 saturated carbocycles. The molecule has 0 unspecified atom stereocenters. The number of carbonyl (C=O) groups is 1. The molecule has 2 aliphatic rings. The van der Waals surface area contributed by atoms with Crippen LogP contribution in [0.15, 0.2) is 238 Å². The second-order valence-corrected chi connectivity index (χ2v) is 49.9. The number of hydrogen-bond donors (Lipinski definition) is 0. The van der Waals surface area contributed by atoms with Gasteiger partial charge in [0.05, 0.1) is 0 Å². The van der Waals surface area contributed by atoms with Crippen LogP contribution in [0.3, 0.4) is 0 Å². The van der Waals surface area contributed by atoms with Crippen LogP contribution in [0, 0.1) is 0 Å². The minimum atomic E-state index is -0.608. The molecule has 0 fully saturated rings. The highest BCUT2D eigenvalue weighted by molar-refractivity contribution is 8.14. The van der Waals surface area contributed by atoms with Crippen molar-refractivity contribution in [3.8, 4) is 0 Å². The van der Waals surface area contributed by atoms with E-state index in [1.165, 1.54) is 119 Å². The fourth-order valence-electron chi connectivity index (χ4n) is 16.2. The van der Waals surface area contributed by atoms with Gasteiger partial charge in [-0.25, -0.2) is 4.79 Å². The first-order chi connectivity index (χ1) is 56.6. The Balaban J connectivity index is 0.804. The van der Waals surface area contributed by atoms with Crippen molar-refractivity contribution in [3.05, 3.63) is 316 Å². The molecule has 0 spiro atoms. The van der Waals surface area contributed by atoms with Gasteiger partial charge in [0.25, 0.3) is 0 Å². The minimum Gasteiger partial charge on any atom is -0.422 e. The summed E-state index contributed by atoms with van der Waals surface area (Å²) in [5.74, 6) is 5.18. The molecule has 11 aromatic rings. The number of fused-ring (bicyclic) bond motifs is 2. The summed E-state index contributed by atoms with van der Waals surface area (Å²) in [5.41, 5.74) is 26.0. The van der Waals surface area contributed by atoms with Gasteiger partial charge in [-0.1, -0.05) is 275 Å². The quantitative estimate of drug-likeness (QED) is 0.0350. The fraction of sp³-hybridized carbons (Fsp3) is 0.418. The number of thioether (sulfide) groups is 7. The van der Waals surface area contributed by atoms with Crippen molar-refractivity contribution in [3.63, 3.8) is 0 Å². The normalized spacial score (nSPS) is 13.9. The molecule has 1 aromatic heterocycles. The van der Waals surface area contributed by atoms with E-state index >= 15 is 0 Å². The molecule has 0 saturated heterocycles. The van der Waals surface area contributed by atoms with Crippen molar-refractivity contribution in [1.29, 1.82) is 0 Å². The van der Waals surface area contributed by atoms with Gasteiger partial charge in [-0.15, -0.1) is 70.6 Å². The fourth-order valence-corrected chi connectivity index (χ4v) is 22.5. The molecule has 0 amide bonds. The van der Waals surface area contributed by atoms with Gasteiger partial charge in [0.2, 0.25) is 5.12 Å². The number of benzene rings is 10. The maximum absolute atomic E-state index is 14.4. The zero-order valence-electron chi connectivity index (χ0n) is 77.0. The maximum atomic E-state index is 14.4. The second kappa shape index (κ2) is 36.4. The van der Waals surface area contributed by atoms with E-state index in [1.54, 1.807) is 6.07 Å². The first kappa shape index (κ1) is 92.0. The van der Waals surface area contributed by atoms with Gasteiger partial charge in [-0.05, 0) is 273 Å². The van der Waals surface area contributed by atoms with Crippen LogP contribution in [0.4, 0.5) is 5.69 Å². The molecule has 3 heterocycles. The third-order valence-corrected chi connectivity index (χ3v) is 31.4. The largest absolute Gasteiger partial charge is 0.422 e. The van der Waals surface area contributed by atoms with Gasteiger partial charge >= 0.3 is 5.63 Å². The molecule has 0 radical (unpaired) electrons. The van der Waals surface area contributed by atoms with Crippen LogP contribution in [0.1, 0.15) is 302 Å². The molecule has 10 aromatic carbocycles. The standard InChI is InChI=1S/C110H131NO3S7/c1-102(2,3)81-44-70(45-82(58-81)103(4,5)6)64-117-92-52-74(53-93(62-92)118-65-71-46-83(104(7,8)9)59-84(47-71)105(10,11)12)68-115-89-36-30-78(31-37-89)110(25,80-34-40-91(41-35-80)121-101(113)97-57-77-56-76-28-26-42-111-43-27-29-96(98(76)111)99(77)114-100(97)112)79-32-38-90(39-33-79)116-69-75-54-94(119-66-72-48-85(106(13,14)15)60-86(49-72)107(16,17)18)63-95(55-75)120-67-73-50-87(108(19,20)21)61-88(51-73)109(22,23)24/h30-41,44-63H,26-29,42-43,64-69H2,1-25H3. The Kier molecular flexibility index (Phi) is 27.6. The van der Waals surface area contributed by atoms with E-state index in [-0.39, 0.29) is 54.0 Å². The van der Waals surface area contributed by atoms with Gasteiger partial charge in [-0.2, -0.15) is 0 Å². The SMILES string of the molecule is CC(C)(C)c1cc(CSc2cc(CSc3ccc(C(C)(c4ccc(SCc5cc(SCc6cc(C(C)(C)C)cc(C(C)(C)C)c6)cc(SCc6cc(C(C)(C)C)cc(C(C)(C)C)c6)c5)cc4)c4ccc(SC(=O)c5cc6cc7c8c(c6oc5=O)CCCN8CCC7)cc4)cc3)cc(SCc3cc(C(C)(C)C)cc(C(C)(C)C)c3)c2)cc(C(C)(C)C)c1. The molecule has 0 atom stereocenters. The van der Waals surface area contributed by atoms with Crippen LogP contribution in [0.2, 0.25) is 0 Å². The smallest absolute Gasteiger partial charge is 0.348 e. The Morgan fingerprint density at radius 3 is 0.876 bits per heavy atom. The summed E-state index contributed by atoms with van der Waals surface area (Å²) in [6, 6.07) is 74.9. The highest BCUT2D eigenvalue weighted by Crippen LogP contribution is 2.47. The van der Waals surface area contributed by atoms with Crippen molar-refractivity contribution in [2.24, 2.45) is 0 Å². The second-order valence-electron chi connectivity index (χ2n) is 42.5. The lowest BCUT2D eigenvalue weighted by molar-refractivity contribution is 0.108. The number of anilines is 1. The Hall–Kier alpha value is -6.67. The van der Waals surface area contributed by atoms with Gasteiger partial charge in [0.15, 0.2) is 0 Å². The lowest BCUT2D eigenvalue weighted by Gasteiger charge is -2.37. The first-order valence-corrected chi connectivity index (χ1v) is 50.4. The molecule has 121 heavy (non-hydrogen) atoms. The highest BCUT2D eigenvalue weighted by Gasteiger charge is 2.34. The van der Waals surface area contributed by atoms with E-state index < -0.39 is 11.0 Å². The zero-order valence-corrected chi connectivity index (χ0v) is 82.7. The van der Waals surface area contributed by atoms with Crippen LogP contribution in [0.25, 0.3) is 11.0 Å². The summed E-state index contributed by atoms with van der Waals surface area (Å²) in [7, 11) is 0. The average molecular weight is 1740 g/mol. The number of nitrogens with zero attached hydrogens (tertiary/aromatic N) is 1. The van der Waals surface area contributed by atoms with Crippen LogP contribution >= 0.6 is 82.3 Å². The topological polar surface area (TPSA) is 50.5 Å². The third-order valence-electron chi connectivity index (χ3n) is 24.2. The van der Waals surface area contributed by atoms with Crippen LogP contribution < -0.4 is 10.5 Å². The van der Waals surface area contributed by atoms with Gasteiger partial charge < -0.3 is 9.32 Å². The molecule has 2 aliphatic heterocycles. The van der Waals surface area contributed by atoms with Gasteiger partial charge in [0, 0.05) is 104 Å². The molecule has 0 bridgehead atoms. The van der Waals surface area contributed by atoms with Crippen molar-refractivity contribution < 1.29 is 9.21 Å². The maximum Gasteiger partial charge on any atom is 0.348 e. The number of carbonyl (C=O) groups excluding carboxylic acids is 1. The van der Waals surface area contributed by atoms with Crippen LogP contribution in [-0.2, 0) is 96.1 Å². The van der Waals surface area contributed by atoms with Crippen molar-refractivity contribution >= 4 is 104 Å². The van der Waals surface area contributed by atoms with Crippen molar-refractivity contribution in [2.45, 2.75) is 316 Å². The van der Waals surface area contributed by atoms with Gasteiger partial charge in [-0.3, -0.25) is 4.79 Å². The number of aryl methyl sites for hydroxylation is 2. The van der Waals surface area contributed by atoms with Crippen LogP contribution in [0.5, 0.6) is 0 Å². The van der Waals surface area contributed by atoms with E-state index in [0.717, 1.165) is 118 Å². The van der Waals surface area contributed by atoms with E-state index in [2.05, 4.69) is 366 Å². The average Bonchev–Trinajstić information content (AvgIpc) is 1.34. The first-order valence-electron chi connectivity index (χ1n) is 43.6. The van der Waals surface area contributed by atoms with Gasteiger partial charge in [0.1, 0.15) is 11.1 Å². The van der Waals surface area contributed by atoms with Crippen molar-refractivity contribution in [1.82, 2.24) is 0 Å². The Morgan fingerprint density at radius 2 is 0.579 bits per heavy atom. The zero-order chi connectivity index (χ0) is 87.3. The van der Waals surface area contributed by atoms with E-state index in [9.17, 15) is 9.59 Å². The molecule has 0 aliphatic carbocycles. The molecule has 4 nitrogen and oxygen atoms in total. The van der Waals surface area contributed by atoms with Crippen LogP contribution in [-0.4, -0.2) is 18.2 Å². The Morgan fingerprint density at radius 1 is 0.306 bits per heavy atom.